The summed E-state index contributed by atoms with van der Waals surface area (Å²) in [4.78, 5) is 16.4. The van der Waals surface area contributed by atoms with Crippen molar-refractivity contribution in [3.63, 3.8) is 0 Å². The van der Waals surface area contributed by atoms with Gasteiger partial charge in [-0.05, 0) is 36.1 Å². The molecule has 0 radical (unpaired) electrons. The lowest BCUT2D eigenvalue weighted by molar-refractivity contribution is -0.125. The molecule has 2 rings (SSSR count). The van der Waals surface area contributed by atoms with E-state index in [1.54, 1.807) is 12.1 Å². The van der Waals surface area contributed by atoms with E-state index in [1.807, 2.05) is 18.2 Å². The van der Waals surface area contributed by atoms with Gasteiger partial charge in [0.25, 0.3) is 5.91 Å². The molecule has 2 aromatic rings. The monoisotopic (exact) mass is 314 g/mol. The highest BCUT2D eigenvalue weighted by molar-refractivity contribution is 5.79. The predicted octanol–water partition coefficient (Wildman–Crippen LogP) is 2.93. The van der Waals surface area contributed by atoms with E-state index < -0.39 is 0 Å². The van der Waals surface area contributed by atoms with Crippen LogP contribution in [0.4, 0.5) is 4.39 Å². The summed E-state index contributed by atoms with van der Waals surface area (Å²) in [6.07, 6.45) is 3.15. The fourth-order valence-electron chi connectivity index (χ4n) is 2.00. The molecule has 0 saturated carbocycles. The maximum absolute atomic E-state index is 12.9. The second-order valence-electron chi connectivity index (χ2n) is 5.00. The van der Waals surface area contributed by atoms with E-state index in [9.17, 15) is 9.18 Å². The standard InChI is InChI=1S/C18H19FN2O2/c19-17-10-4-8-16(12-17)13-21-23-14-18(22)20-11-5-9-15-6-2-1-3-7-15/h1-4,6-8,10,12-13H,5,9,11,14H2,(H,20,22)/b21-13-. The fraction of sp³-hybridized carbons (Fsp3) is 0.222. The molecule has 0 aromatic heterocycles. The summed E-state index contributed by atoms with van der Waals surface area (Å²) in [5.41, 5.74) is 1.82. The van der Waals surface area contributed by atoms with Crippen molar-refractivity contribution in [2.75, 3.05) is 13.2 Å². The number of carbonyl (C=O) groups excluding carboxylic acids is 1. The summed E-state index contributed by atoms with van der Waals surface area (Å²) >= 11 is 0. The summed E-state index contributed by atoms with van der Waals surface area (Å²) < 4.78 is 12.9. The van der Waals surface area contributed by atoms with Gasteiger partial charge in [-0.1, -0.05) is 47.6 Å². The first-order valence-corrected chi connectivity index (χ1v) is 7.45. The second kappa shape index (κ2) is 9.35. The number of halogens is 1. The topological polar surface area (TPSA) is 50.7 Å². The van der Waals surface area contributed by atoms with Crippen LogP contribution < -0.4 is 5.32 Å². The van der Waals surface area contributed by atoms with Gasteiger partial charge in [-0.15, -0.1) is 0 Å². The Morgan fingerprint density at radius 2 is 2.00 bits per heavy atom. The quantitative estimate of drug-likeness (QED) is 0.463. The molecule has 5 heteroatoms. The van der Waals surface area contributed by atoms with Crippen LogP contribution in [0.25, 0.3) is 0 Å². The number of aryl methyl sites for hydroxylation is 1. The lowest BCUT2D eigenvalue weighted by Crippen LogP contribution is -2.28. The largest absolute Gasteiger partial charge is 0.386 e. The summed E-state index contributed by atoms with van der Waals surface area (Å²) in [7, 11) is 0. The van der Waals surface area contributed by atoms with Gasteiger partial charge in [0, 0.05) is 6.54 Å². The lowest BCUT2D eigenvalue weighted by atomic mass is 10.1. The summed E-state index contributed by atoms with van der Waals surface area (Å²) in [5.74, 6) is -0.570. The number of nitrogens with one attached hydrogen (secondary N) is 1. The average Bonchev–Trinajstić information content (AvgIpc) is 2.57. The van der Waals surface area contributed by atoms with Crippen molar-refractivity contribution >= 4 is 12.1 Å². The fourth-order valence-corrected chi connectivity index (χ4v) is 2.00. The Bertz CT molecular complexity index is 644. The van der Waals surface area contributed by atoms with Crippen LogP contribution in [0.1, 0.15) is 17.5 Å². The Balaban J connectivity index is 1.58. The van der Waals surface area contributed by atoms with Crippen LogP contribution in [0, 0.1) is 5.82 Å². The smallest absolute Gasteiger partial charge is 0.260 e. The van der Waals surface area contributed by atoms with Crippen LogP contribution in [-0.2, 0) is 16.1 Å². The molecule has 0 aliphatic carbocycles. The van der Waals surface area contributed by atoms with Gasteiger partial charge in [-0.3, -0.25) is 4.79 Å². The maximum atomic E-state index is 12.9. The van der Waals surface area contributed by atoms with Gasteiger partial charge in [0.1, 0.15) is 5.82 Å². The van der Waals surface area contributed by atoms with Crippen molar-refractivity contribution in [2.24, 2.45) is 5.16 Å². The Morgan fingerprint density at radius 1 is 1.17 bits per heavy atom. The van der Waals surface area contributed by atoms with Gasteiger partial charge < -0.3 is 10.2 Å². The van der Waals surface area contributed by atoms with Crippen molar-refractivity contribution in [3.05, 3.63) is 71.5 Å². The molecule has 0 heterocycles. The van der Waals surface area contributed by atoms with E-state index in [2.05, 4.69) is 22.6 Å². The van der Waals surface area contributed by atoms with Gasteiger partial charge in [0.2, 0.25) is 0 Å². The Morgan fingerprint density at radius 3 is 2.78 bits per heavy atom. The number of hydrogen-bond acceptors (Lipinski definition) is 3. The van der Waals surface area contributed by atoms with E-state index in [1.165, 1.54) is 23.9 Å². The summed E-state index contributed by atoms with van der Waals surface area (Å²) in [6, 6.07) is 16.1. The molecule has 0 saturated heterocycles. The van der Waals surface area contributed by atoms with Crippen molar-refractivity contribution in [2.45, 2.75) is 12.8 Å². The normalized spacial score (nSPS) is 10.7. The molecule has 0 fully saturated rings. The molecule has 0 aliphatic rings. The molecule has 0 spiro atoms. The third kappa shape index (κ3) is 6.74. The van der Waals surface area contributed by atoms with E-state index in [4.69, 9.17) is 4.84 Å². The molecule has 1 amide bonds. The summed E-state index contributed by atoms with van der Waals surface area (Å²) in [6.45, 7) is 0.432. The van der Waals surface area contributed by atoms with E-state index in [0.29, 0.717) is 12.1 Å². The highest BCUT2D eigenvalue weighted by Gasteiger charge is 2.00. The van der Waals surface area contributed by atoms with Crippen LogP contribution >= 0.6 is 0 Å². The SMILES string of the molecule is O=C(CO/N=C\c1cccc(F)c1)NCCCc1ccccc1. The maximum Gasteiger partial charge on any atom is 0.260 e. The van der Waals surface area contributed by atoms with Gasteiger partial charge >= 0.3 is 0 Å². The lowest BCUT2D eigenvalue weighted by Gasteiger charge is -2.04. The number of carbonyl (C=O) groups is 1. The number of nitrogens with zero attached hydrogens (tertiary/aromatic N) is 1. The van der Waals surface area contributed by atoms with Crippen molar-refractivity contribution in [1.29, 1.82) is 0 Å². The van der Waals surface area contributed by atoms with Crippen molar-refractivity contribution < 1.29 is 14.0 Å². The Labute approximate surface area is 135 Å². The summed E-state index contributed by atoms with van der Waals surface area (Å²) in [5, 5.41) is 6.41. The van der Waals surface area contributed by atoms with Gasteiger partial charge in [0.05, 0.1) is 6.21 Å². The Hall–Kier alpha value is -2.69. The van der Waals surface area contributed by atoms with E-state index in [-0.39, 0.29) is 18.3 Å². The zero-order chi connectivity index (χ0) is 16.3. The van der Waals surface area contributed by atoms with Crippen molar-refractivity contribution in [3.8, 4) is 0 Å². The molecule has 0 atom stereocenters. The minimum absolute atomic E-state index is 0.156. The molecule has 0 aliphatic heterocycles. The second-order valence-corrected chi connectivity index (χ2v) is 5.00. The van der Waals surface area contributed by atoms with Crippen molar-refractivity contribution in [1.82, 2.24) is 5.32 Å². The molecule has 120 valence electrons. The van der Waals surface area contributed by atoms with Crippen LogP contribution in [0.2, 0.25) is 0 Å². The molecular weight excluding hydrogens is 295 g/mol. The van der Waals surface area contributed by atoms with E-state index >= 15 is 0 Å². The zero-order valence-electron chi connectivity index (χ0n) is 12.7. The molecular formula is C18H19FN2O2. The first-order valence-electron chi connectivity index (χ1n) is 7.45. The van der Waals surface area contributed by atoms with Crippen LogP contribution in [0.15, 0.2) is 59.8 Å². The predicted molar refractivity (Wildman–Crippen MR) is 87.7 cm³/mol. The average molecular weight is 314 g/mol. The Kier molecular flexibility index (Phi) is 6.78. The van der Waals surface area contributed by atoms with Crippen LogP contribution in [0.5, 0.6) is 0 Å². The minimum atomic E-state index is -0.342. The first-order chi connectivity index (χ1) is 11.2. The van der Waals surface area contributed by atoms with Crippen LogP contribution in [-0.4, -0.2) is 25.3 Å². The highest BCUT2D eigenvalue weighted by Crippen LogP contribution is 2.02. The molecule has 2 aromatic carbocycles. The molecule has 0 unspecified atom stereocenters. The van der Waals surface area contributed by atoms with Gasteiger partial charge in [0.15, 0.2) is 6.61 Å². The molecule has 0 bridgehead atoms. The van der Waals surface area contributed by atoms with Gasteiger partial charge in [-0.25, -0.2) is 4.39 Å². The molecule has 4 nitrogen and oxygen atoms in total. The number of benzene rings is 2. The van der Waals surface area contributed by atoms with Gasteiger partial charge in [-0.2, -0.15) is 0 Å². The number of amides is 1. The zero-order valence-corrected chi connectivity index (χ0v) is 12.7. The minimum Gasteiger partial charge on any atom is -0.386 e. The molecule has 1 N–H and O–H groups in total. The number of oxime groups is 1. The van der Waals surface area contributed by atoms with Crippen LogP contribution in [0.3, 0.4) is 0 Å². The molecule has 23 heavy (non-hydrogen) atoms. The number of rotatable bonds is 8. The third-order valence-corrected chi connectivity index (χ3v) is 3.13. The number of hydrogen-bond donors (Lipinski definition) is 1. The highest BCUT2D eigenvalue weighted by atomic mass is 19.1. The third-order valence-electron chi connectivity index (χ3n) is 3.13. The van der Waals surface area contributed by atoms with E-state index in [0.717, 1.165) is 12.8 Å². The first kappa shape index (κ1) is 16.7.